The van der Waals surface area contributed by atoms with Crippen molar-refractivity contribution in [3.05, 3.63) is 58.1 Å². The van der Waals surface area contributed by atoms with Crippen LogP contribution in [0.2, 0.25) is 5.02 Å². The van der Waals surface area contributed by atoms with Crippen LogP contribution in [0.5, 0.6) is 17.2 Å². The first-order valence-corrected chi connectivity index (χ1v) is 10.3. The summed E-state index contributed by atoms with van der Waals surface area (Å²) in [6.45, 7) is 4.19. The van der Waals surface area contributed by atoms with Crippen LogP contribution in [0.4, 0.5) is 0 Å². The smallest absolute Gasteiger partial charge is 0.261 e. The number of fused-ring (bicyclic) bond motifs is 1. The number of carbonyl (C=O) groups excluding carboxylic acids is 1. The number of benzene rings is 2. The highest BCUT2D eigenvalue weighted by Gasteiger charge is 2.19. The molecule has 0 aliphatic carbocycles. The summed E-state index contributed by atoms with van der Waals surface area (Å²) in [7, 11) is 0. The molecular formula is C21H19ClN2O4S. The lowest BCUT2D eigenvalue weighted by molar-refractivity contribution is -0.127. The summed E-state index contributed by atoms with van der Waals surface area (Å²) < 4.78 is 16.3. The highest BCUT2D eigenvalue weighted by molar-refractivity contribution is 7.15. The Morgan fingerprint density at radius 1 is 1.28 bits per heavy atom. The van der Waals surface area contributed by atoms with Gasteiger partial charge in [0.15, 0.2) is 17.6 Å². The average molecular weight is 431 g/mol. The van der Waals surface area contributed by atoms with Gasteiger partial charge in [0, 0.05) is 16.5 Å². The van der Waals surface area contributed by atoms with Crippen LogP contribution < -0.4 is 19.5 Å². The summed E-state index contributed by atoms with van der Waals surface area (Å²) >= 11 is 7.78. The van der Waals surface area contributed by atoms with Gasteiger partial charge in [0.25, 0.3) is 5.91 Å². The fourth-order valence-electron chi connectivity index (χ4n) is 2.86. The van der Waals surface area contributed by atoms with E-state index in [1.54, 1.807) is 25.1 Å². The Kier molecular flexibility index (Phi) is 5.60. The number of rotatable bonds is 6. The van der Waals surface area contributed by atoms with Gasteiger partial charge in [0.1, 0.15) is 10.8 Å². The highest BCUT2D eigenvalue weighted by Crippen LogP contribution is 2.35. The minimum absolute atomic E-state index is 0.194. The molecule has 2 aromatic carbocycles. The van der Waals surface area contributed by atoms with Crippen molar-refractivity contribution in [2.45, 2.75) is 26.5 Å². The van der Waals surface area contributed by atoms with Gasteiger partial charge in [-0.05, 0) is 32.0 Å². The Morgan fingerprint density at radius 2 is 2.07 bits per heavy atom. The van der Waals surface area contributed by atoms with E-state index >= 15 is 0 Å². The van der Waals surface area contributed by atoms with Crippen molar-refractivity contribution in [3.63, 3.8) is 0 Å². The Hall–Kier alpha value is -2.77. The fraction of sp³-hybridized carbons (Fsp3) is 0.238. The molecule has 150 valence electrons. The lowest BCUT2D eigenvalue weighted by atomic mass is 10.2. The van der Waals surface area contributed by atoms with Gasteiger partial charge in [-0.1, -0.05) is 29.8 Å². The number of hydrogen-bond acceptors (Lipinski definition) is 6. The zero-order chi connectivity index (χ0) is 20.4. The Balaban J connectivity index is 1.37. The first kappa shape index (κ1) is 19.5. The van der Waals surface area contributed by atoms with Crippen LogP contribution in [0, 0.1) is 6.92 Å². The van der Waals surface area contributed by atoms with Gasteiger partial charge in [-0.25, -0.2) is 4.98 Å². The molecule has 1 aliphatic rings. The van der Waals surface area contributed by atoms with Crippen LogP contribution in [0.25, 0.3) is 10.6 Å². The second-order valence-electron chi connectivity index (χ2n) is 6.50. The lowest BCUT2D eigenvalue weighted by Crippen LogP contribution is -2.35. The predicted octanol–water partition coefficient (Wildman–Crippen LogP) is 4.58. The molecule has 1 aliphatic heterocycles. The quantitative estimate of drug-likeness (QED) is 0.619. The van der Waals surface area contributed by atoms with E-state index in [4.69, 9.17) is 25.8 Å². The standard InChI is InChI=1S/C21H19ClN2O4S/c1-12-19(29-21(24-12)15-5-3-4-6-16(15)22)10-23-20(25)13(2)28-14-7-8-17-18(9-14)27-11-26-17/h3-9,13H,10-11H2,1-2H3,(H,23,25). The number of nitrogens with one attached hydrogen (secondary N) is 1. The third kappa shape index (κ3) is 4.31. The fourth-order valence-corrected chi connectivity index (χ4v) is 4.18. The highest BCUT2D eigenvalue weighted by atomic mass is 35.5. The molecule has 2 heterocycles. The molecule has 0 spiro atoms. The van der Waals surface area contributed by atoms with Crippen molar-refractivity contribution >= 4 is 28.8 Å². The molecule has 4 rings (SSSR count). The van der Waals surface area contributed by atoms with Gasteiger partial charge in [0.05, 0.1) is 17.3 Å². The molecular weight excluding hydrogens is 412 g/mol. The van der Waals surface area contributed by atoms with Crippen LogP contribution in [0.3, 0.4) is 0 Å². The summed E-state index contributed by atoms with van der Waals surface area (Å²) in [6, 6.07) is 12.8. The maximum Gasteiger partial charge on any atom is 0.261 e. The molecule has 0 radical (unpaired) electrons. The first-order chi connectivity index (χ1) is 14.0. The van der Waals surface area contributed by atoms with Crippen LogP contribution in [0.15, 0.2) is 42.5 Å². The number of halogens is 1. The molecule has 3 aromatic rings. The first-order valence-electron chi connectivity index (χ1n) is 9.06. The molecule has 8 heteroatoms. The van der Waals surface area contributed by atoms with E-state index in [9.17, 15) is 4.79 Å². The topological polar surface area (TPSA) is 69.7 Å². The monoisotopic (exact) mass is 430 g/mol. The van der Waals surface area contributed by atoms with Crippen LogP contribution in [-0.2, 0) is 11.3 Å². The summed E-state index contributed by atoms with van der Waals surface area (Å²) in [5.74, 6) is 1.62. The minimum atomic E-state index is -0.661. The van der Waals surface area contributed by atoms with Gasteiger partial charge in [-0.15, -0.1) is 11.3 Å². The molecule has 0 saturated heterocycles. The molecule has 0 bridgehead atoms. The Labute approximate surface area is 177 Å². The number of nitrogens with zero attached hydrogens (tertiary/aromatic N) is 1. The van der Waals surface area contributed by atoms with Crippen LogP contribution in [-0.4, -0.2) is 23.8 Å². The van der Waals surface area contributed by atoms with E-state index in [2.05, 4.69) is 10.3 Å². The van der Waals surface area contributed by atoms with Crippen molar-refractivity contribution in [1.29, 1.82) is 0 Å². The maximum atomic E-state index is 12.5. The molecule has 1 aromatic heterocycles. The number of amides is 1. The second kappa shape index (κ2) is 8.31. The number of ether oxygens (including phenoxy) is 3. The summed E-state index contributed by atoms with van der Waals surface area (Å²) in [5.41, 5.74) is 1.76. The Morgan fingerprint density at radius 3 is 2.90 bits per heavy atom. The maximum absolute atomic E-state index is 12.5. The van der Waals surface area contributed by atoms with E-state index in [1.165, 1.54) is 11.3 Å². The molecule has 1 atom stereocenters. The van der Waals surface area contributed by atoms with Crippen LogP contribution in [0.1, 0.15) is 17.5 Å². The average Bonchev–Trinajstić information content (AvgIpc) is 3.32. The molecule has 1 amide bonds. The van der Waals surface area contributed by atoms with Gasteiger partial charge < -0.3 is 19.5 Å². The number of aryl methyl sites for hydroxylation is 1. The molecule has 0 saturated carbocycles. The molecule has 1 unspecified atom stereocenters. The lowest BCUT2D eigenvalue weighted by Gasteiger charge is -2.14. The third-order valence-electron chi connectivity index (χ3n) is 4.45. The van der Waals surface area contributed by atoms with E-state index in [0.29, 0.717) is 28.8 Å². The zero-order valence-corrected chi connectivity index (χ0v) is 17.5. The number of carbonyl (C=O) groups is 1. The van der Waals surface area contributed by atoms with E-state index in [-0.39, 0.29) is 12.7 Å². The van der Waals surface area contributed by atoms with Crippen molar-refractivity contribution < 1.29 is 19.0 Å². The van der Waals surface area contributed by atoms with E-state index < -0.39 is 6.10 Å². The van der Waals surface area contributed by atoms with Gasteiger partial charge in [0.2, 0.25) is 6.79 Å². The van der Waals surface area contributed by atoms with Crippen molar-refractivity contribution in [2.75, 3.05) is 6.79 Å². The van der Waals surface area contributed by atoms with Crippen molar-refractivity contribution in [3.8, 4) is 27.8 Å². The van der Waals surface area contributed by atoms with E-state index in [1.807, 2.05) is 31.2 Å². The van der Waals surface area contributed by atoms with Gasteiger partial charge in [-0.3, -0.25) is 4.79 Å². The number of hydrogen-bond donors (Lipinski definition) is 1. The normalized spacial score (nSPS) is 13.2. The molecule has 1 N–H and O–H groups in total. The number of thiazole rings is 1. The Bertz CT molecular complexity index is 1050. The zero-order valence-electron chi connectivity index (χ0n) is 15.9. The second-order valence-corrected chi connectivity index (χ2v) is 7.99. The third-order valence-corrected chi connectivity index (χ3v) is 5.97. The number of aromatic nitrogens is 1. The summed E-state index contributed by atoms with van der Waals surface area (Å²) in [4.78, 5) is 18.0. The van der Waals surface area contributed by atoms with Crippen LogP contribution >= 0.6 is 22.9 Å². The summed E-state index contributed by atoms with van der Waals surface area (Å²) in [6.07, 6.45) is -0.661. The minimum Gasteiger partial charge on any atom is -0.481 e. The molecule has 6 nitrogen and oxygen atoms in total. The SMILES string of the molecule is Cc1nc(-c2ccccc2Cl)sc1CNC(=O)C(C)Oc1ccc2c(c1)OCO2. The van der Waals surface area contributed by atoms with Crippen molar-refractivity contribution in [1.82, 2.24) is 10.3 Å². The van der Waals surface area contributed by atoms with Gasteiger partial charge >= 0.3 is 0 Å². The van der Waals surface area contributed by atoms with Crippen molar-refractivity contribution in [2.24, 2.45) is 0 Å². The molecule has 29 heavy (non-hydrogen) atoms. The van der Waals surface area contributed by atoms with E-state index in [0.717, 1.165) is 21.1 Å². The predicted molar refractivity (Wildman–Crippen MR) is 112 cm³/mol. The van der Waals surface area contributed by atoms with Gasteiger partial charge in [-0.2, -0.15) is 0 Å². The largest absolute Gasteiger partial charge is 0.481 e. The summed E-state index contributed by atoms with van der Waals surface area (Å²) in [5, 5.41) is 4.40. The molecule has 0 fully saturated rings.